The smallest absolute Gasteiger partial charge is 0.306 e. The SMILES string of the molecule is CCC.CNCCC12C=CC(OC(=O)CCCC(=O)O)CC1Oc1c(OC)ccc(C)c12. The van der Waals surface area contributed by atoms with E-state index in [1.807, 2.05) is 25.3 Å². The Labute approximate surface area is 191 Å². The van der Waals surface area contributed by atoms with Crippen molar-refractivity contribution in [2.24, 2.45) is 0 Å². The van der Waals surface area contributed by atoms with Crippen LogP contribution in [0.1, 0.15) is 63.5 Å². The monoisotopic (exact) mass is 447 g/mol. The number of esters is 1. The molecule has 0 spiro atoms. The number of fused-ring (bicyclic) bond motifs is 3. The van der Waals surface area contributed by atoms with Gasteiger partial charge in [-0.05, 0) is 51.1 Å². The van der Waals surface area contributed by atoms with E-state index in [9.17, 15) is 9.59 Å². The van der Waals surface area contributed by atoms with Gasteiger partial charge in [0.2, 0.25) is 0 Å². The molecule has 0 radical (unpaired) electrons. The number of hydrogen-bond acceptors (Lipinski definition) is 6. The summed E-state index contributed by atoms with van der Waals surface area (Å²) in [7, 11) is 3.56. The molecule has 0 saturated heterocycles. The van der Waals surface area contributed by atoms with Gasteiger partial charge in [-0.25, -0.2) is 0 Å². The molecule has 7 nitrogen and oxygen atoms in total. The highest BCUT2D eigenvalue weighted by atomic mass is 16.6. The molecule has 0 fully saturated rings. The number of ether oxygens (including phenoxy) is 3. The molecule has 3 rings (SSSR count). The normalized spacial score (nSPS) is 22.7. The highest BCUT2D eigenvalue weighted by Crippen LogP contribution is 2.54. The molecule has 3 unspecified atom stereocenters. The Kier molecular flexibility index (Phi) is 9.57. The van der Waals surface area contributed by atoms with Crippen molar-refractivity contribution >= 4 is 11.9 Å². The molecule has 2 N–H and O–H groups in total. The summed E-state index contributed by atoms with van der Waals surface area (Å²) in [6.45, 7) is 7.15. The maximum absolute atomic E-state index is 12.1. The van der Waals surface area contributed by atoms with Gasteiger partial charge in [0, 0.05) is 24.8 Å². The zero-order valence-corrected chi connectivity index (χ0v) is 19.9. The van der Waals surface area contributed by atoms with Crippen molar-refractivity contribution in [3.63, 3.8) is 0 Å². The number of carbonyl (C=O) groups is 2. The topological polar surface area (TPSA) is 94.1 Å². The summed E-state index contributed by atoms with van der Waals surface area (Å²) in [5, 5.41) is 11.9. The van der Waals surface area contributed by atoms with Crippen molar-refractivity contribution in [3.8, 4) is 11.5 Å². The van der Waals surface area contributed by atoms with E-state index in [4.69, 9.17) is 19.3 Å². The van der Waals surface area contributed by atoms with Crippen LogP contribution >= 0.6 is 0 Å². The van der Waals surface area contributed by atoms with E-state index in [-0.39, 0.29) is 42.9 Å². The Morgan fingerprint density at radius 2 is 2.00 bits per heavy atom. The predicted molar refractivity (Wildman–Crippen MR) is 123 cm³/mol. The summed E-state index contributed by atoms with van der Waals surface area (Å²) < 4.78 is 17.5. The summed E-state index contributed by atoms with van der Waals surface area (Å²) >= 11 is 0. The predicted octanol–water partition coefficient (Wildman–Crippen LogP) is 4.15. The van der Waals surface area contributed by atoms with Crippen molar-refractivity contribution in [3.05, 3.63) is 35.4 Å². The second-order valence-corrected chi connectivity index (χ2v) is 8.37. The Hall–Kier alpha value is -2.54. The lowest BCUT2D eigenvalue weighted by atomic mass is 9.68. The summed E-state index contributed by atoms with van der Waals surface area (Å²) in [6, 6.07) is 3.97. The number of methoxy groups -OCH3 is 1. The van der Waals surface area contributed by atoms with Crippen LogP contribution in [0.2, 0.25) is 0 Å². The number of rotatable bonds is 9. The van der Waals surface area contributed by atoms with Crippen LogP contribution in [-0.2, 0) is 19.7 Å². The molecule has 2 aliphatic rings. The number of carboxylic acids is 1. The Bertz CT molecular complexity index is 821. The quantitative estimate of drug-likeness (QED) is 0.434. The van der Waals surface area contributed by atoms with Crippen LogP contribution in [0, 0.1) is 6.92 Å². The molecule has 7 heteroatoms. The van der Waals surface area contributed by atoms with Crippen LogP contribution in [0.3, 0.4) is 0 Å². The van der Waals surface area contributed by atoms with Crippen molar-refractivity contribution in [1.82, 2.24) is 5.32 Å². The molecule has 1 aromatic rings. The van der Waals surface area contributed by atoms with Crippen LogP contribution < -0.4 is 14.8 Å². The van der Waals surface area contributed by atoms with Gasteiger partial charge in [0.25, 0.3) is 0 Å². The zero-order valence-electron chi connectivity index (χ0n) is 19.9. The molecule has 1 aliphatic heterocycles. The largest absolute Gasteiger partial charge is 0.493 e. The van der Waals surface area contributed by atoms with Crippen molar-refractivity contribution in [1.29, 1.82) is 0 Å². The van der Waals surface area contributed by atoms with Crippen molar-refractivity contribution in [2.75, 3.05) is 20.7 Å². The van der Waals surface area contributed by atoms with Crippen molar-refractivity contribution < 1.29 is 28.9 Å². The molecule has 1 aliphatic carbocycles. The molecular weight excluding hydrogens is 410 g/mol. The summed E-state index contributed by atoms with van der Waals surface area (Å²) in [5.74, 6) is 0.185. The van der Waals surface area contributed by atoms with Crippen LogP contribution in [-0.4, -0.2) is 50.0 Å². The second-order valence-electron chi connectivity index (χ2n) is 8.37. The molecule has 0 aromatic heterocycles. The molecule has 3 atom stereocenters. The van der Waals surface area contributed by atoms with Crippen molar-refractivity contribution in [2.45, 2.75) is 76.9 Å². The van der Waals surface area contributed by atoms with Crippen LogP contribution in [0.15, 0.2) is 24.3 Å². The molecule has 1 heterocycles. The number of aliphatic carboxylic acids is 1. The van der Waals surface area contributed by atoms with E-state index >= 15 is 0 Å². The molecule has 178 valence electrons. The number of hydrogen-bond donors (Lipinski definition) is 2. The number of carbonyl (C=O) groups excluding carboxylic acids is 1. The Morgan fingerprint density at radius 3 is 2.62 bits per heavy atom. The molecule has 0 amide bonds. The lowest BCUT2D eigenvalue weighted by Crippen LogP contribution is -2.44. The van der Waals surface area contributed by atoms with E-state index in [1.54, 1.807) is 7.11 Å². The van der Waals surface area contributed by atoms with Gasteiger partial charge in [-0.15, -0.1) is 0 Å². The zero-order chi connectivity index (χ0) is 23.7. The fourth-order valence-electron chi connectivity index (χ4n) is 4.34. The molecule has 0 bridgehead atoms. The highest BCUT2D eigenvalue weighted by molar-refractivity contribution is 5.72. The van der Waals surface area contributed by atoms with E-state index in [2.05, 4.69) is 32.2 Å². The lowest BCUT2D eigenvalue weighted by Gasteiger charge is -2.37. The first-order valence-corrected chi connectivity index (χ1v) is 11.4. The molecule has 1 aromatic carbocycles. The van der Waals surface area contributed by atoms with E-state index < -0.39 is 5.97 Å². The number of nitrogens with one attached hydrogen (secondary N) is 1. The van der Waals surface area contributed by atoms with Gasteiger partial charge >= 0.3 is 11.9 Å². The average Bonchev–Trinajstić information content (AvgIpc) is 3.08. The molecule has 0 saturated carbocycles. The van der Waals surface area contributed by atoms with Crippen LogP contribution in [0.5, 0.6) is 11.5 Å². The Balaban J connectivity index is 0.00000114. The van der Waals surface area contributed by atoms with E-state index in [0.29, 0.717) is 12.2 Å². The minimum absolute atomic E-state index is 0.0388. The maximum Gasteiger partial charge on any atom is 0.306 e. The van der Waals surface area contributed by atoms with Gasteiger partial charge < -0.3 is 24.6 Å². The fourth-order valence-corrected chi connectivity index (χ4v) is 4.34. The third-order valence-corrected chi connectivity index (χ3v) is 5.75. The first kappa shape index (κ1) is 25.7. The first-order chi connectivity index (χ1) is 15.3. The third-order valence-electron chi connectivity index (χ3n) is 5.75. The minimum atomic E-state index is -0.911. The number of aryl methyl sites for hydroxylation is 1. The fraction of sp³-hybridized carbons (Fsp3) is 0.600. The summed E-state index contributed by atoms with van der Waals surface area (Å²) in [6.07, 6.45) is 6.49. The first-order valence-electron chi connectivity index (χ1n) is 11.4. The minimum Gasteiger partial charge on any atom is -0.493 e. The Morgan fingerprint density at radius 1 is 1.28 bits per heavy atom. The van der Waals surface area contributed by atoms with Gasteiger partial charge in [-0.3, -0.25) is 9.59 Å². The summed E-state index contributed by atoms with van der Waals surface area (Å²) in [5.41, 5.74) is 1.98. The maximum atomic E-state index is 12.1. The van der Waals surface area contributed by atoms with Gasteiger partial charge in [0.05, 0.1) is 12.5 Å². The average molecular weight is 448 g/mol. The van der Waals surface area contributed by atoms with E-state index in [1.165, 1.54) is 6.42 Å². The van der Waals surface area contributed by atoms with Gasteiger partial charge in [0.15, 0.2) is 11.5 Å². The summed E-state index contributed by atoms with van der Waals surface area (Å²) in [4.78, 5) is 22.7. The lowest BCUT2D eigenvalue weighted by molar-refractivity contribution is -0.148. The number of carboxylic acid groups (broad SMARTS) is 1. The second kappa shape index (κ2) is 11.9. The van der Waals surface area contributed by atoms with Gasteiger partial charge in [-0.2, -0.15) is 0 Å². The van der Waals surface area contributed by atoms with Crippen LogP contribution in [0.4, 0.5) is 0 Å². The molecular formula is C25H37NO6. The third kappa shape index (κ3) is 5.82. The van der Waals surface area contributed by atoms with E-state index in [0.717, 1.165) is 29.8 Å². The van der Waals surface area contributed by atoms with Gasteiger partial charge in [-0.1, -0.05) is 32.4 Å². The molecule has 32 heavy (non-hydrogen) atoms. The van der Waals surface area contributed by atoms with Crippen LogP contribution in [0.25, 0.3) is 0 Å². The highest BCUT2D eigenvalue weighted by Gasteiger charge is 2.51. The number of benzene rings is 1. The van der Waals surface area contributed by atoms with Gasteiger partial charge in [0.1, 0.15) is 12.2 Å². The standard InChI is InChI=1S/C22H29NO6.C3H8/c1-14-7-8-16(27-3)21-20(14)22(11-12-23-2)10-9-15(13-17(22)29-21)28-19(26)6-4-5-18(24)25;1-3-2/h7-10,15,17,23H,4-6,11-13H2,1-3H3,(H,24,25);3H2,1-2H3.